The van der Waals surface area contributed by atoms with Crippen molar-refractivity contribution in [2.45, 2.75) is 13.3 Å². The van der Waals surface area contributed by atoms with Crippen LogP contribution in [0.5, 0.6) is 0 Å². The highest BCUT2D eigenvalue weighted by atomic mass is 35.5. The van der Waals surface area contributed by atoms with Crippen LogP contribution in [0.2, 0.25) is 5.02 Å². The number of aryl methyl sites for hydroxylation is 1. The molecule has 1 aliphatic rings. The second-order valence-corrected chi connectivity index (χ2v) is 8.16. The Kier molecular flexibility index (Phi) is 4.27. The van der Waals surface area contributed by atoms with Crippen LogP contribution in [-0.2, 0) is 16.4 Å². The summed E-state index contributed by atoms with van der Waals surface area (Å²) in [4.78, 5) is 12.4. The van der Waals surface area contributed by atoms with Gasteiger partial charge >= 0.3 is 0 Å². The molecule has 0 radical (unpaired) electrons. The van der Waals surface area contributed by atoms with Crippen molar-refractivity contribution in [1.82, 2.24) is 0 Å². The van der Waals surface area contributed by atoms with E-state index < -0.39 is 10.0 Å². The largest absolute Gasteiger partial charge is 0.322 e. The number of halogens is 1. The Hall–Kier alpha value is -2.05. The normalized spacial score (nSPS) is 13.7. The Balaban J connectivity index is 1.83. The number of hydrogen-bond donors (Lipinski definition) is 1. The number of nitrogens with zero attached hydrogens (tertiary/aromatic N) is 1. The van der Waals surface area contributed by atoms with E-state index in [1.807, 2.05) is 13.0 Å². The first-order valence-electron chi connectivity index (χ1n) is 7.44. The van der Waals surface area contributed by atoms with Crippen molar-refractivity contribution in [1.29, 1.82) is 0 Å². The molecule has 0 saturated carbocycles. The zero-order valence-electron chi connectivity index (χ0n) is 13.3. The van der Waals surface area contributed by atoms with Crippen molar-refractivity contribution in [2.24, 2.45) is 0 Å². The minimum Gasteiger partial charge on any atom is -0.322 e. The molecule has 0 bridgehead atoms. The van der Waals surface area contributed by atoms with E-state index in [1.165, 1.54) is 10.6 Å². The molecule has 1 amide bonds. The molecule has 0 aliphatic carbocycles. The molecular weight excluding hydrogens is 348 g/mol. The van der Waals surface area contributed by atoms with Gasteiger partial charge in [-0.15, -0.1) is 0 Å². The maximum absolute atomic E-state index is 12.4. The number of sulfonamides is 1. The number of rotatable bonds is 3. The van der Waals surface area contributed by atoms with Crippen LogP contribution < -0.4 is 9.62 Å². The Morgan fingerprint density at radius 3 is 2.62 bits per heavy atom. The lowest BCUT2D eigenvalue weighted by atomic mass is 10.1. The molecule has 2 aromatic rings. The van der Waals surface area contributed by atoms with Crippen LogP contribution in [0.4, 0.5) is 11.4 Å². The molecule has 0 saturated heterocycles. The fourth-order valence-electron chi connectivity index (χ4n) is 2.73. The van der Waals surface area contributed by atoms with Crippen molar-refractivity contribution in [2.75, 3.05) is 22.4 Å². The summed E-state index contributed by atoms with van der Waals surface area (Å²) >= 11 is 6.07. The first kappa shape index (κ1) is 16.8. The first-order valence-corrected chi connectivity index (χ1v) is 9.66. The molecule has 5 nitrogen and oxygen atoms in total. The van der Waals surface area contributed by atoms with E-state index >= 15 is 0 Å². The van der Waals surface area contributed by atoms with Crippen LogP contribution in [0.15, 0.2) is 36.4 Å². The second-order valence-electron chi connectivity index (χ2n) is 5.85. The SMILES string of the molecule is Cc1ccc(NC(=O)c2ccc3c(c2)CCN3S(C)(=O)=O)cc1Cl. The predicted octanol–water partition coefficient (Wildman–Crippen LogP) is 3.22. The molecule has 2 aromatic carbocycles. The third kappa shape index (κ3) is 3.25. The smallest absolute Gasteiger partial charge is 0.255 e. The van der Waals surface area contributed by atoms with Crippen molar-refractivity contribution in [3.8, 4) is 0 Å². The molecule has 1 N–H and O–H groups in total. The van der Waals surface area contributed by atoms with Crippen LogP contribution >= 0.6 is 11.6 Å². The number of amides is 1. The highest BCUT2D eigenvalue weighted by molar-refractivity contribution is 7.92. The summed E-state index contributed by atoms with van der Waals surface area (Å²) in [6.45, 7) is 2.30. The monoisotopic (exact) mass is 364 g/mol. The molecule has 3 rings (SSSR count). The van der Waals surface area contributed by atoms with Crippen LogP contribution in [-0.4, -0.2) is 27.1 Å². The van der Waals surface area contributed by atoms with Gasteiger partial charge in [-0.1, -0.05) is 17.7 Å². The summed E-state index contributed by atoms with van der Waals surface area (Å²) < 4.78 is 24.9. The van der Waals surface area contributed by atoms with Gasteiger partial charge in [0, 0.05) is 22.8 Å². The van der Waals surface area contributed by atoms with Crippen molar-refractivity contribution in [3.63, 3.8) is 0 Å². The molecule has 1 heterocycles. The topological polar surface area (TPSA) is 66.5 Å². The van der Waals surface area contributed by atoms with Crippen molar-refractivity contribution in [3.05, 3.63) is 58.1 Å². The van der Waals surface area contributed by atoms with Gasteiger partial charge in [-0.05, 0) is 54.8 Å². The van der Waals surface area contributed by atoms with Gasteiger partial charge in [0.1, 0.15) is 0 Å². The summed E-state index contributed by atoms with van der Waals surface area (Å²) in [5.74, 6) is -0.254. The van der Waals surface area contributed by atoms with Crippen LogP contribution in [0, 0.1) is 6.92 Å². The second kappa shape index (κ2) is 6.11. The summed E-state index contributed by atoms with van der Waals surface area (Å²) in [6, 6.07) is 10.4. The number of carbonyl (C=O) groups is 1. The van der Waals surface area contributed by atoms with Gasteiger partial charge in [-0.3, -0.25) is 9.10 Å². The van der Waals surface area contributed by atoms with E-state index in [4.69, 9.17) is 11.6 Å². The fraction of sp³-hybridized carbons (Fsp3) is 0.235. The molecule has 0 atom stereocenters. The van der Waals surface area contributed by atoms with Crippen molar-refractivity contribution >= 4 is 38.9 Å². The molecule has 0 spiro atoms. The Morgan fingerprint density at radius 1 is 1.21 bits per heavy atom. The molecule has 0 fully saturated rings. The number of anilines is 2. The van der Waals surface area contributed by atoms with Crippen LogP contribution in [0.3, 0.4) is 0 Å². The van der Waals surface area contributed by atoms with E-state index in [2.05, 4.69) is 5.32 Å². The molecule has 1 aliphatic heterocycles. The number of carbonyl (C=O) groups excluding carboxylic acids is 1. The summed E-state index contributed by atoms with van der Waals surface area (Å²) in [6.07, 6.45) is 1.78. The Bertz CT molecular complexity index is 925. The first-order chi connectivity index (χ1) is 11.3. The number of hydrogen-bond acceptors (Lipinski definition) is 3. The molecule has 0 unspecified atom stereocenters. The van der Waals surface area contributed by atoms with E-state index in [-0.39, 0.29) is 5.91 Å². The lowest BCUT2D eigenvalue weighted by Gasteiger charge is -2.16. The molecular formula is C17H17ClN2O3S. The van der Waals surface area contributed by atoms with E-state index in [1.54, 1.807) is 30.3 Å². The summed E-state index contributed by atoms with van der Waals surface area (Å²) in [5, 5.41) is 3.39. The third-order valence-corrected chi connectivity index (χ3v) is 5.61. The average molecular weight is 365 g/mol. The highest BCUT2D eigenvalue weighted by Gasteiger charge is 2.26. The zero-order valence-corrected chi connectivity index (χ0v) is 14.9. The third-order valence-electron chi connectivity index (χ3n) is 4.02. The van der Waals surface area contributed by atoms with E-state index in [9.17, 15) is 13.2 Å². The molecule has 7 heteroatoms. The van der Waals surface area contributed by atoms with Crippen LogP contribution in [0.25, 0.3) is 0 Å². The Labute approximate surface area is 146 Å². The van der Waals surface area contributed by atoms with E-state index in [0.29, 0.717) is 34.9 Å². The molecule has 24 heavy (non-hydrogen) atoms. The van der Waals surface area contributed by atoms with Crippen molar-refractivity contribution < 1.29 is 13.2 Å². The van der Waals surface area contributed by atoms with Gasteiger partial charge in [-0.25, -0.2) is 8.42 Å². The summed E-state index contributed by atoms with van der Waals surface area (Å²) in [7, 11) is -3.29. The average Bonchev–Trinajstić information content (AvgIpc) is 2.94. The minimum atomic E-state index is -3.29. The maximum atomic E-state index is 12.4. The minimum absolute atomic E-state index is 0.254. The van der Waals surface area contributed by atoms with E-state index in [0.717, 1.165) is 11.1 Å². The maximum Gasteiger partial charge on any atom is 0.255 e. The number of nitrogens with one attached hydrogen (secondary N) is 1. The van der Waals surface area contributed by atoms with Gasteiger partial charge in [0.2, 0.25) is 10.0 Å². The van der Waals surface area contributed by atoms with Gasteiger partial charge in [0.15, 0.2) is 0 Å². The predicted molar refractivity (Wildman–Crippen MR) is 96.5 cm³/mol. The van der Waals surface area contributed by atoms with Crippen LogP contribution in [0.1, 0.15) is 21.5 Å². The number of benzene rings is 2. The zero-order chi connectivity index (χ0) is 17.5. The van der Waals surface area contributed by atoms with Gasteiger partial charge < -0.3 is 5.32 Å². The van der Waals surface area contributed by atoms with Gasteiger partial charge in [0.25, 0.3) is 5.91 Å². The Morgan fingerprint density at radius 2 is 1.96 bits per heavy atom. The van der Waals surface area contributed by atoms with Gasteiger partial charge in [0.05, 0.1) is 11.9 Å². The lowest BCUT2D eigenvalue weighted by molar-refractivity contribution is 0.102. The quantitative estimate of drug-likeness (QED) is 0.909. The summed E-state index contributed by atoms with van der Waals surface area (Å²) in [5.41, 5.74) is 3.55. The lowest BCUT2D eigenvalue weighted by Crippen LogP contribution is -2.27. The fourth-order valence-corrected chi connectivity index (χ4v) is 3.87. The standard InChI is InChI=1S/C17H17ClN2O3S/c1-11-3-5-14(10-15(11)18)19-17(21)13-4-6-16-12(9-13)7-8-20(16)24(2,22)23/h3-6,9-10H,7-8H2,1-2H3,(H,19,21). The number of fused-ring (bicyclic) bond motifs is 1. The molecule has 0 aromatic heterocycles. The highest BCUT2D eigenvalue weighted by Crippen LogP contribution is 2.31. The van der Waals surface area contributed by atoms with Gasteiger partial charge in [-0.2, -0.15) is 0 Å². The molecule has 126 valence electrons.